The topological polar surface area (TPSA) is 75.8 Å². The van der Waals surface area contributed by atoms with Crippen LogP contribution >= 0.6 is 24.0 Å². The molecular formula is C21H29IN6O. The normalized spacial score (nSPS) is 11.4. The Labute approximate surface area is 189 Å². The first-order valence-electron chi connectivity index (χ1n) is 9.71. The van der Waals surface area contributed by atoms with Crippen LogP contribution in [0.4, 0.5) is 0 Å². The maximum absolute atomic E-state index is 5.96. The van der Waals surface area contributed by atoms with Crippen LogP contribution in [0.15, 0.2) is 53.7 Å². The number of aromatic nitrogens is 3. The standard InChI is InChI=1S/C21H28N6O.HI/c1-4-22-21(24-15-20-26-25-19-11-7-8-13-27(19)20)23-12-14-28-18-10-6-5-9-17(18)16(2)3;/h5-11,13,16H,4,12,14-15H2,1-3H3,(H2,22,23,24);1H. The van der Waals surface area contributed by atoms with E-state index in [2.05, 4.69) is 45.7 Å². The number of ether oxygens (including phenoxy) is 1. The Bertz CT molecular complexity index is 924. The summed E-state index contributed by atoms with van der Waals surface area (Å²) in [6.45, 7) is 8.82. The monoisotopic (exact) mass is 508 g/mol. The molecular weight excluding hydrogens is 479 g/mol. The number of hydrogen-bond acceptors (Lipinski definition) is 4. The van der Waals surface area contributed by atoms with Gasteiger partial charge in [-0.2, -0.15) is 0 Å². The van der Waals surface area contributed by atoms with Gasteiger partial charge < -0.3 is 15.4 Å². The minimum atomic E-state index is 0. The summed E-state index contributed by atoms with van der Waals surface area (Å²) in [4.78, 5) is 4.61. The van der Waals surface area contributed by atoms with E-state index < -0.39 is 0 Å². The molecule has 8 heteroatoms. The third-order valence-corrected chi connectivity index (χ3v) is 4.30. The van der Waals surface area contributed by atoms with Crippen LogP contribution < -0.4 is 15.4 Å². The van der Waals surface area contributed by atoms with Gasteiger partial charge in [0.05, 0.1) is 6.54 Å². The second-order valence-electron chi connectivity index (χ2n) is 6.71. The van der Waals surface area contributed by atoms with Gasteiger partial charge in [0.2, 0.25) is 0 Å². The van der Waals surface area contributed by atoms with Gasteiger partial charge in [-0.3, -0.25) is 4.40 Å². The lowest BCUT2D eigenvalue weighted by molar-refractivity contribution is 0.317. The third kappa shape index (κ3) is 6.31. The van der Waals surface area contributed by atoms with Gasteiger partial charge in [-0.15, -0.1) is 34.2 Å². The minimum Gasteiger partial charge on any atom is -0.491 e. The summed E-state index contributed by atoms with van der Waals surface area (Å²) in [6, 6.07) is 14.0. The number of hydrogen-bond donors (Lipinski definition) is 2. The lowest BCUT2D eigenvalue weighted by atomic mass is 10.0. The highest BCUT2D eigenvalue weighted by Gasteiger charge is 2.07. The summed E-state index contributed by atoms with van der Waals surface area (Å²) in [7, 11) is 0. The van der Waals surface area contributed by atoms with E-state index in [1.165, 1.54) is 5.56 Å². The minimum absolute atomic E-state index is 0. The Morgan fingerprint density at radius 1 is 1.10 bits per heavy atom. The number of nitrogens with one attached hydrogen (secondary N) is 2. The molecule has 1 aromatic carbocycles. The first-order chi connectivity index (χ1) is 13.7. The van der Waals surface area contributed by atoms with Gasteiger partial charge in [0, 0.05) is 12.7 Å². The van der Waals surface area contributed by atoms with Gasteiger partial charge >= 0.3 is 0 Å². The molecule has 0 atom stereocenters. The van der Waals surface area contributed by atoms with E-state index in [4.69, 9.17) is 4.74 Å². The van der Waals surface area contributed by atoms with Gasteiger partial charge in [-0.05, 0) is 36.6 Å². The maximum atomic E-state index is 5.96. The fourth-order valence-electron chi connectivity index (χ4n) is 2.91. The predicted octanol–water partition coefficient (Wildman–Crippen LogP) is 3.60. The zero-order valence-corrected chi connectivity index (χ0v) is 19.5. The van der Waals surface area contributed by atoms with E-state index >= 15 is 0 Å². The summed E-state index contributed by atoms with van der Waals surface area (Å²) < 4.78 is 7.91. The summed E-state index contributed by atoms with van der Waals surface area (Å²) in [5.41, 5.74) is 2.05. The number of nitrogens with zero attached hydrogens (tertiary/aromatic N) is 4. The molecule has 0 fully saturated rings. The number of halogens is 1. The molecule has 2 aromatic heterocycles. The number of benzene rings is 1. The molecule has 0 saturated carbocycles. The van der Waals surface area contributed by atoms with Crippen molar-refractivity contribution in [3.63, 3.8) is 0 Å². The zero-order chi connectivity index (χ0) is 19.8. The van der Waals surface area contributed by atoms with Gasteiger partial charge in [-0.25, -0.2) is 4.99 Å². The SMILES string of the molecule is CCNC(=NCc1nnc2ccccn12)NCCOc1ccccc1C(C)C.I. The summed E-state index contributed by atoms with van der Waals surface area (Å²) in [6.07, 6.45) is 1.94. The molecule has 156 valence electrons. The number of fused-ring (bicyclic) bond motifs is 1. The third-order valence-electron chi connectivity index (χ3n) is 4.30. The summed E-state index contributed by atoms with van der Waals surface area (Å²) in [5, 5.41) is 14.9. The van der Waals surface area contributed by atoms with E-state index in [1.807, 2.05) is 53.9 Å². The molecule has 0 aliphatic rings. The van der Waals surface area contributed by atoms with Crippen LogP contribution in [0.25, 0.3) is 5.65 Å². The number of rotatable bonds is 8. The number of guanidine groups is 1. The highest BCUT2D eigenvalue weighted by Crippen LogP contribution is 2.25. The average molecular weight is 508 g/mol. The molecule has 0 unspecified atom stereocenters. The molecule has 29 heavy (non-hydrogen) atoms. The second kappa shape index (κ2) is 11.6. The Balaban J connectivity index is 0.00000300. The number of pyridine rings is 1. The largest absolute Gasteiger partial charge is 0.491 e. The van der Waals surface area contributed by atoms with Crippen LogP contribution in [0.5, 0.6) is 5.75 Å². The van der Waals surface area contributed by atoms with E-state index in [0.717, 1.165) is 29.7 Å². The number of para-hydroxylation sites is 1. The van der Waals surface area contributed by atoms with E-state index in [0.29, 0.717) is 25.6 Å². The Hall–Kier alpha value is -2.36. The first kappa shape index (κ1) is 22.9. The van der Waals surface area contributed by atoms with Crippen molar-refractivity contribution in [1.29, 1.82) is 0 Å². The Morgan fingerprint density at radius 3 is 2.69 bits per heavy atom. The summed E-state index contributed by atoms with van der Waals surface area (Å²) in [5.74, 6) is 2.91. The molecule has 0 radical (unpaired) electrons. The Morgan fingerprint density at radius 2 is 1.90 bits per heavy atom. The molecule has 0 bridgehead atoms. The molecule has 0 aliphatic heterocycles. The highest BCUT2D eigenvalue weighted by atomic mass is 127. The molecule has 2 N–H and O–H groups in total. The molecule has 0 saturated heterocycles. The average Bonchev–Trinajstić information content (AvgIpc) is 3.12. The maximum Gasteiger partial charge on any atom is 0.191 e. The Kier molecular flexibility index (Phi) is 9.17. The molecule has 0 spiro atoms. The first-order valence-corrected chi connectivity index (χ1v) is 9.71. The molecule has 3 aromatic rings. The van der Waals surface area contributed by atoms with Crippen LogP contribution in [0.2, 0.25) is 0 Å². The number of aliphatic imine (C=N–C) groups is 1. The fraction of sp³-hybridized carbons (Fsp3) is 0.381. The van der Waals surface area contributed by atoms with Crippen LogP contribution in [-0.4, -0.2) is 40.3 Å². The summed E-state index contributed by atoms with van der Waals surface area (Å²) >= 11 is 0. The lowest BCUT2D eigenvalue weighted by Gasteiger charge is -2.15. The van der Waals surface area contributed by atoms with Crippen molar-refractivity contribution in [3.05, 3.63) is 60.0 Å². The lowest BCUT2D eigenvalue weighted by Crippen LogP contribution is -2.39. The van der Waals surface area contributed by atoms with Crippen molar-refractivity contribution in [3.8, 4) is 5.75 Å². The van der Waals surface area contributed by atoms with Crippen LogP contribution in [0.3, 0.4) is 0 Å². The predicted molar refractivity (Wildman–Crippen MR) is 127 cm³/mol. The highest BCUT2D eigenvalue weighted by molar-refractivity contribution is 14.0. The van der Waals surface area contributed by atoms with E-state index in [1.54, 1.807) is 0 Å². The second-order valence-corrected chi connectivity index (χ2v) is 6.71. The van der Waals surface area contributed by atoms with E-state index in [-0.39, 0.29) is 24.0 Å². The van der Waals surface area contributed by atoms with E-state index in [9.17, 15) is 0 Å². The quantitative estimate of drug-likeness (QED) is 0.211. The van der Waals surface area contributed by atoms with Gasteiger partial charge in [0.25, 0.3) is 0 Å². The van der Waals surface area contributed by atoms with Gasteiger partial charge in [0.15, 0.2) is 17.4 Å². The van der Waals surface area contributed by atoms with Crippen molar-refractivity contribution in [2.75, 3.05) is 19.7 Å². The zero-order valence-electron chi connectivity index (χ0n) is 17.1. The molecule has 7 nitrogen and oxygen atoms in total. The van der Waals surface area contributed by atoms with Crippen LogP contribution in [0, 0.1) is 0 Å². The van der Waals surface area contributed by atoms with Crippen LogP contribution in [-0.2, 0) is 6.54 Å². The molecule has 0 amide bonds. The fourth-order valence-corrected chi connectivity index (χ4v) is 2.91. The van der Waals surface area contributed by atoms with Crippen molar-refractivity contribution < 1.29 is 4.74 Å². The van der Waals surface area contributed by atoms with Crippen molar-refractivity contribution >= 4 is 35.6 Å². The van der Waals surface area contributed by atoms with Gasteiger partial charge in [0.1, 0.15) is 18.9 Å². The van der Waals surface area contributed by atoms with Crippen LogP contribution in [0.1, 0.15) is 38.1 Å². The van der Waals surface area contributed by atoms with Crippen molar-refractivity contribution in [1.82, 2.24) is 25.2 Å². The smallest absolute Gasteiger partial charge is 0.191 e. The van der Waals surface area contributed by atoms with Gasteiger partial charge in [-0.1, -0.05) is 38.1 Å². The van der Waals surface area contributed by atoms with Crippen molar-refractivity contribution in [2.24, 2.45) is 4.99 Å². The molecule has 3 rings (SSSR count). The van der Waals surface area contributed by atoms with Crippen molar-refractivity contribution in [2.45, 2.75) is 33.2 Å². The molecule has 0 aliphatic carbocycles. The molecule has 2 heterocycles.